The van der Waals surface area contributed by atoms with E-state index in [1.54, 1.807) is 11.8 Å². The number of ether oxygens (including phenoxy) is 1. The molecule has 1 aliphatic rings. The summed E-state index contributed by atoms with van der Waals surface area (Å²) in [4.78, 5) is 26.0. The van der Waals surface area contributed by atoms with Gasteiger partial charge in [0.25, 0.3) is 5.91 Å². The molecule has 3 rings (SSSR count). The number of rotatable bonds is 5. The minimum Gasteiger partial charge on any atom is -0.481 e. The largest absolute Gasteiger partial charge is 0.481 e. The van der Waals surface area contributed by atoms with Crippen LogP contribution >= 0.6 is 0 Å². The number of amides is 2. The first kappa shape index (κ1) is 16.1. The molecule has 0 aliphatic carbocycles. The summed E-state index contributed by atoms with van der Waals surface area (Å²) in [5.41, 5.74) is 2.54. The average Bonchev–Trinajstić information content (AvgIpc) is 2.89. The standard InChI is InChI=1S/C19H20N2O3/c1-3-21-17-10-9-15(11-14(17)12-18(21)22)20-19(23)13(2)24-16-7-5-4-6-8-16/h4-11,13H,3,12H2,1-2H3,(H,20,23). The summed E-state index contributed by atoms with van der Waals surface area (Å²) in [5.74, 6) is 0.519. The van der Waals surface area contributed by atoms with Crippen molar-refractivity contribution in [1.82, 2.24) is 0 Å². The Bertz CT molecular complexity index is 758. The van der Waals surface area contributed by atoms with Crippen LogP contribution in [-0.4, -0.2) is 24.5 Å². The van der Waals surface area contributed by atoms with Gasteiger partial charge in [-0.05, 0) is 49.7 Å². The topological polar surface area (TPSA) is 58.6 Å². The third kappa shape index (κ3) is 3.25. The molecular formula is C19H20N2O3. The van der Waals surface area contributed by atoms with Crippen LogP contribution in [0.3, 0.4) is 0 Å². The van der Waals surface area contributed by atoms with Crippen LogP contribution in [0.25, 0.3) is 0 Å². The van der Waals surface area contributed by atoms with Gasteiger partial charge < -0.3 is 15.0 Å². The summed E-state index contributed by atoms with van der Waals surface area (Å²) < 4.78 is 5.62. The van der Waals surface area contributed by atoms with Crippen molar-refractivity contribution < 1.29 is 14.3 Å². The van der Waals surface area contributed by atoms with Gasteiger partial charge in [0, 0.05) is 17.9 Å². The molecule has 0 spiro atoms. The van der Waals surface area contributed by atoms with Crippen molar-refractivity contribution in [3.8, 4) is 5.75 Å². The van der Waals surface area contributed by atoms with E-state index in [0.717, 1.165) is 11.3 Å². The number of carbonyl (C=O) groups is 2. The number of hydrogen-bond acceptors (Lipinski definition) is 3. The van der Waals surface area contributed by atoms with Crippen molar-refractivity contribution in [1.29, 1.82) is 0 Å². The maximum atomic E-state index is 12.3. The maximum absolute atomic E-state index is 12.3. The molecule has 0 radical (unpaired) electrons. The zero-order chi connectivity index (χ0) is 17.1. The Hall–Kier alpha value is -2.82. The second-order valence-electron chi connectivity index (χ2n) is 5.72. The lowest BCUT2D eigenvalue weighted by Crippen LogP contribution is -2.30. The number of hydrogen-bond donors (Lipinski definition) is 1. The van der Waals surface area contributed by atoms with Crippen LogP contribution in [0.5, 0.6) is 5.75 Å². The molecule has 0 aromatic heterocycles. The number of anilines is 2. The molecule has 1 N–H and O–H groups in total. The molecule has 2 aromatic rings. The zero-order valence-corrected chi connectivity index (χ0v) is 13.8. The molecule has 5 heteroatoms. The fourth-order valence-electron chi connectivity index (χ4n) is 2.81. The van der Waals surface area contributed by atoms with Crippen molar-refractivity contribution in [2.75, 3.05) is 16.8 Å². The van der Waals surface area contributed by atoms with E-state index in [1.165, 1.54) is 0 Å². The first-order valence-corrected chi connectivity index (χ1v) is 8.04. The van der Waals surface area contributed by atoms with E-state index in [4.69, 9.17) is 4.74 Å². The molecule has 0 bridgehead atoms. The van der Waals surface area contributed by atoms with Crippen LogP contribution in [0.15, 0.2) is 48.5 Å². The van der Waals surface area contributed by atoms with Gasteiger partial charge in [-0.2, -0.15) is 0 Å². The van der Waals surface area contributed by atoms with Crippen LogP contribution in [0, 0.1) is 0 Å². The van der Waals surface area contributed by atoms with Gasteiger partial charge in [-0.25, -0.2) is 0 Å². The van der Waals surface area contributed by atoms with Gasteiger partial charge in [0.2, 0.25) is 5.91 Å². The highest BCUT2D eigenvalue weighted by Gasteiger charge is 2.26. The van der Waals surface area contributed by atoms with Crippen LogP contribution < -0.4 is 15.0 Å². The van der Waals surface area contributed by atoms with Gasteiger partial charge in [0.1, 0.15) is 5.75 Å². The lowest BCUT2D eigenvalue weighted by Gasteiger charge is -2.16. The highest BCUT2D eigenvalue weighted by atomic mass is 16.5. The third-order valence-electron chi connectivity index (χ3n) is 4.02. The van der Waals surface area contributed by atoms with E-state index in [2.05, 4.69) is 5.32 Å². The number of likely N-dealkylation sites (N-methyl/N-ethyl adjacent to an activating group) is 1. The minimum atomic E-state index is -0.616. The number of carbonyl (C=O) groups excluding carboxylic acids is 2. The predicted molar refractivity (Wildman–Crippen MR) is 93.3 cm³/mol. The predicted octanol–water partition coefficient (Wildman–Crippen LogP) is 3.00. The van der Waals surface area contributed by atoms with E-state index in [-0.39, 0.29) is 11.8 Å². The zero-order valence-electron chi connectivity index (χ0n) is 13.8. The molecule has 0 saturated heterocycles. The van der Waals surface area contributed by atoms with E-state index in [1.807, 2.05) is 55.5 Å². The van der Waals surface area contributed by atoms with E-state index >= 15 is 0 Å². The van der Waals surface area contributed by atoms with Gasteiger partial charge >= 0.3 is 0 Å². The number of fused-ring (bicyclic) bond motifs is 1. The van der Waals surface area contributed by atoms with Crippen molar-refractivity contribution in [2.45, 2.75) is 26.4 Å². The molecule has 1 aliphatic heterocycles. The Labute approximate surface area is 141 Å². The fourth-order valence-corrected chi connectivity index (χ4v) is 2.81. The van der Waals surface area contributed by atoms with Crippen LogP contribution in [0.1, 0.15) is 19.4 Å². The molecule has 0 saturated carbocycles. The van der Waals surface area contributed by atoms with Crippen LogP contribution in [0.4, 0.5) is 11.4 Å². The highest BCUT2D eigenvalue weighted by Crippen LogP contribution is 2.31. The van der Waals surface area contributed by atoms with Crippen molar-refractivity contribution in [3.63, 3.8) is 0 Å². The SMILES string of the molecule is CCN1C(=O)Cc2cc(NC(=O)C(C)Oc3ccccc3)ccc21. The van der Waals surface area contributed by atoms with E-state index < -0.39 is 6.10 Å². The third-order valence-corrected chi connectivity index (χ3v) is 4.02. The Morgan fingerprint density at radius 2 is 2.00 bits per heavy atom. The van der Waals surface area contributed by atoms with Crippen molar-refractivity contribution in [2.24, 2.45) is 0 Å². The molecule has 5 nitrogen and oxygen atoms in total. The molecule has 2 aromatic carbocycles. The lowest BCUT2D eigenvalue weighted by molar-refractivity contribution is -0.122. The Morgan fingerprint density at radius 3 is 2.71 bits per heavy atom. The van der Waals surface area contributed by atoms with Gasteiger partial charge in [0.05, 0.1) is 6.42 Å². The average molecular weight is 324 g/mol. The number of para-hydroxylation sites is 1. The second kappa shape index (κ2) is 6.74. The quantitative estimate of drug-likeness (QED) is 0.920. The van der Waals surface area contributed by atoms with Crippen molar-refractivity contribution in [3.05, 3.63) is 54.1 Å². The fraction of sp³-hybridized carbons (Fsp3) is 0.263. The first-order valence-electron chi connectivity index (χ1n) is 8.04. The summed E-state index contributed by atoms with van der Waals surface area (Å²) in [7, 11) is 0. The first-order chi connectivity index (χ1) is 11.6. The van der Waals surface area contributed by atoms with Crippen LogP contribution in [-0.2, 0) is 16.0 Å². The normalized spacial score (nSPS) is 14.2. The molecular weight excluding hydrogens is 304 g/mol. The van der Waals surface area contributed by atoms with Crippen LogP contribution in [0.2, 0.25) is 0 Å². The van der Waals surface area contributed by atoms with Gasteiger partial charge in [-0.3, -0.25) is 9.59 Å². The lowest BCUT2D eigenvalue weighted by atomic mass is 10.1. The Morgan fingerprint density at radius 1 is 1.25 bits per heavy atom. The summed E-state index contributed by atoms with van der Waals surface area (Å²) >= 11 is 0. The summed E-state index contributed by atoms with van der Waals surface area (Å²) in [5, 5.41) is 2.85. The number of benzene rings is 2. The molecule has 1 unspecified atom stereocenters. The maximum Gasteiger partial charge on any atom is 0.265 e. The smallest absolute Gasteiger partial charge is 0.265 e. The molecule has 0 fully saturated rings. The Balaban J connectivity index is 1.67. The van der Waals surface area contributed by atoms with Gasteiger partial charge in [-0.15, -0.1) is 0 Å². The molecule has 2 amide bonds. The molecule has 1 atom stereocenters. The monoisotopic (exact) mass is 324 g/mol. The molecule has 124 valence electrons. The molecule has 1 heterocycles. The number of nitrogens with zero attached hydrogens (tertiary/aromatic N) is 1. The van der Waals surface area contributed by atoms with Gasteiger partial charge in [-0.1, -0.05) is 18.2 Å². The second-order valence-corrected chi connectivity index (χ2v) is 5.72. The summed E-state index contributed by atoms with van der Waals surface area (Å²) in [6.45, 7) is 4.31. The molecule has 24 heavy (non-hydrogen) atoms. The highest BCUT2D eigenvalue weighted by molar-refractivity contribution is 6.02. The van der Waals surface area contributed by atoms with Gasteiger partial charge in [0.15, 0.2) is 6.10 Å². The minimum absolute atomic E-state index is 0.0942. The Kier molecular flexibility index (Phi) is 4.51. The summed E-state index contributed by atoms with van der Waals surface area (Å²) in [6.07, 6.45) is -0.238. The van der Waals surface area contributed by atoms with E-state index in [0.29, 0.717) is 24.4 Å². The van der Waals surface area contributed by atoms with E-state index in [9.17, 15) is 9.59 Å². The summed E-state index contributed by atoms with van der Waals surface area (Å²) in [6, 6.07) is 14.8. The van der Waals surface area contributed by atoms with Crippen molar-refractivity contribution >= 4 is 23.2 Å². The number of nitrogens with one attached hydrogen (secondary N) is 1.